The number of rotatable bonds is 3. The first-order chi connectivity index (χ1) is 8.65. The number of amides is 1. The van der Waals surface area contributed by atoms with E-state index in [1.165, 1.54) is 16.7 Å². The SMILES string of the molecule is CC(=O)NCC1CC1c1cccc2nc(C)sc12. The lowest BCUT2D eigenvalue weighted by Gasteiger charge is -2.03. The van der Waals surface area contributed by atoms with E-state index in [1.807, 2.05) is 0 Å². The Bertz CT molecular complexity index is 605. The van der Waals surface area contributed by atoms with Crippen molar-refractivity contribution in [2.45, 2.75) is 26.2 Å². The molecule has 3 rings (SSSR count). The Morgan fingerprint density at radius 3 is 3.17 bits per heavy atom. The van der Waals surface area contributed by atoms with E-state index in [4.69, 9.17) is 0 Å². The minimum atomic E-state index is 0.0625. The predicted octanol–water partition coefficient (Wildman–Crippen LogP) is 2.84. The van der Waals surface area contributed by atoms with Crippen LogP contribution in [-0.2, 0) is 4.79 Å². The van der Waals surface area contributed by atoms with Crippen LogP contribution in [-0.4, -0.2) is 17.4 Å². The number of aromatic nitrogens is 1. The van der Waals surface area contributed by atoms with Gasteiger partial charge in [-0.15, -0.1) is 11.3 Å². The van der Waals surface area contributed by atoms with Gasteiger partial charge >= 0.3 is 0 Å². The molecule has 1 aromatic carbocycles. The summed E-state index contributed by atoms with van der Waals surface area (Å²) in [5, 5.41) is 4.03. The number of nitrogens with one attached hydrogen (secondary N) is 1. The van der Waals surface area contributed by atoms with Gasteiger partial charge < -0.3 is 5.32 Å². The summed E-state index contributed by atoms with van der Waals surface area (Å²) < 4.78 is 1.32. The Hall–Kier alpha value is -1.42. The average Bonchev–Trinajstić information content (AvgIpc) is 2.98. The van der Waals surface area contributed by atoms with Crippen LogP contribution in [0.1, 0.15) is 29.8 Å². The largest absolute Gasteiger partial charge is 0.356 e. The average molecular weight is 260 g/mol. The molecule has 1 fully saturated rings. The first-order valence-electron chi connectivity index (χ1n) is 6.25. The molecule has 2 unspecified atom stereocenters. The molecule has 4 heteroatoms. The summed E-state index contributed by atoms with van der Waals surface area (Å²) in [5.74, 6) is 1.26. The fourth-order valence-electron chi connectivity index (χ4n) is 2.50. The maximum Gasteiger partial charge on any atom is 0.216 e. The molecule has 0 aliphatic heterocycles. The molecule has 2 atom stereocenters. The standard InChI is InChI=1S/C14H16N2OS/c1-8(17)15-7-10-6-12(10)11-4-3-5-13-14(11)18-9(2)16-13/h3-5,10,12H,6-7H2,1-2H3,(H,15,17). The van der Waals surface area contributed by atoms with Crippen molar-refractivity contribution in [2.75, 3.05) is 6.54 Å². The summed E-state index contributed by atoms with van der Waals surface area (Å²) in [5.41, 5.74) is 2.52. The number of aryl methyl sites for hydroxylation is 1. The van der Waals surface area contributed by atoms with Crippen molar-refractivity contribution in [1.82, 2.24) is 10.3 Å². The second-order valence-corrected chi connectivity index (χ2v) is 6.17. The van der Waals surface area contributed by atoms with Crippen LogP contribution in [0.25, 0.3) is 10.2 Å². The zero-order valence-electron chi connectivity index (χ0n) is 10.6. The van der Waals surface area contributed by atoms with Gasteiger partial charge in [0.2, 0.25) is 5.91 Å². The van der Waals surface area contributed by atoms with Crippen LogP contribution in [0.5, 0.6) is 0 Å². The van der Waals surface area contributed by atoms with E-state index >= 15 is 0 Å². The van der Waals surface area contributed by atoms with E-state index in [9.17, 15) is 4.79 Å². The van der Waals surface area contributed by atoms with Gasteiger partial charge in [0.25, 0.3) is 0 Å². The smallest absolute Gasteiger partial charge is 0.216 e. The van der Waals surface area contributed by atoms with Crippen molar-refractivity contribution in [3.8, 4) is 0 Å². The molecule has 1 N–H and O–H groups in total. The predicted molar refractivity (Wildman–Crippen MR) is 73.9 cm³/mol. The van der Waals surface area contributed by atoms with Crippen molar-refractivity contribution >= 4 is 27.5 Å². The van der Waals surface area contributed by atoms with Crippen LogP contribution in [0.3, 0.4) is 0 Å². The van der Waals surface area contributed by atoms with Crippen molar-refractivity contribution in [3.05, 3.63) is 28.8 Å². The Labute approximate surface area is 110 Å². The molecule has 1 saturated carbocycles. The fraction of sp³-hybridized carbons (Fsp3) is 0.429. The van der Waals surface area contributed by atoms with Crippen LogP contribution < -0.4 is 5.32 Å². The number of hydrogen-bond donors (Lipinski definition) is 1. The third-order valence-electron chi connectivity index (χ3n) is 3.49. The highest BCUT2D eigenvalue weighted by Crippen LogP contribution is 2.49. The number of thiazole rings is 1. The second-order valence-electron chi connectivity index (χ2n) is 4.97. The van der Waals surface area contributed by atoms with Crippen LogP contribution in [0.15, 0.2) is 18.2 Å². The number of nitrogens with zero attached hydrogens (tertiary/aromatic N) is 1. The van der Waals surface area contributed by atoms with E-state index in [1.54, 1.807) is 18.3 Å². The molecular weight excluding hydrogens is 244 g/mol. The van der Waals surface area contributed by atoms with E-state index in [0.29, 0.717) is 11.8 Å². The van der Waals surface area contributed by atoms with Crippen molar-refractivity contribution < 1.29 is 4.79 Å². The Morgan fingerprint density at radius 2 is 2.39 bits per heavy atom. The molecule has 1 aromatic heterocycles. The third kappa shape index (κ3) is 2.12. The van der Waals surface area contributed by atoms with E-state index < -0.39 is 0 Å². The van der Waals surface area contributed by atoms with Gasteiger partial charge in [0.1, 0.15) is 0 Å². The maximum absolute atomic E-state index is 10.9. The summed E-state index contributed by atoms with van der Waals surface area (Å²) in [6.07, 6.45) is 1.18. The Kier molecular flexibility index (Phi) is 2.82. The van der Waals surface area contributed by atoms with Gasteiger partial charge in [0.15, 0.2) is 0 Å². The minimum absolute atomic E-state index is 0.0625. The molecule has 3 nitrogen and oxygen atoms in total. The number of carbonyl (C=O) groups is 1. The topological polar surface area (TPSA) is 42.0 Å². The van der Waals surface area contributed by atoms with Gasteiger partial charge in [0, 0.05) is 13.5 Å². The molecule has 0 saturated heterocycles. The first kappa shape index (κ1) is 11.7. The van der Waals surface area contributed by atoms with Crippen LogP contribution in [0, 0.1) is 12.8 Å². The third-order valence-corrected chi connectivity index (χ3v) is 4.52. The van der Waals surface area contributed by atoms with Crippen molar-refractivity contribution in [3.63, 3.8) is 0 Å². The van der Waals surface area contributed by atoms with Gasteiger partial charge in [0.05, 0.1) is 15.2 Å². The molecule has 94 valence electrons. The molecule has 0 spiro atoms. The minimum Gasteiger partial charge on any atom is -0.356 e. The number of fused-ring (bicyclic) bond motifs is 1. The van der Waals surface area contributed by atoms with Gasteiger partial charge in [-0.3, -0.25) is 4.79 Å². The van der Waals surface area contributed by atoms with E-state index in [2.05, 4.69) is 35.4 Å². The van der Waals surface area contributed by atoms with Crippen LogP contribution in [0.4, 0.5) is 0 Å². The van der Waals surface area contributed by atoms with Crippen molar-refractivity contribution in [1.29, 1.82) is 0 Å². The number of carbonyl (C=O) groups excluding carboxylic acids is 1. The highest BCUT2D eigenvalue weighted by Gasteiger charge is 2.39. The molecular formula is C14H16N2OS. The number of benzene rings is 1. The van der Waals surface area contributed by atoms with Gasteiger partial charge in [-0.2, -0.15) is 0 Å². The van der Waals surface area contributed by atoms with Crippen LogP contribution in [0.2, 0.25) is 0 Å². The van der Waals surface area contributed by atoms with Crippen LogP contribution >= 0.6 is 11.3 Å². The fourth-order valence-corrected chi connectivity index (χ4v) is 3.50. The highest BCUT2D eigenvalue weighted by molar-refractivity contribution is 7.18. The first-order valence-corrected chi connectivity index (χ1v) is 7.07. The lowest BCUT2D eigenvalue weighted by molar-refractivity contribution is -0.119. The van der Waals surface area contributed by atoms with Gasteiger partial charge in [-0.05, 0) is 36.8 Å². The van der Waals surface area contributed by atoms with E-state index in [-0.39, 0.29) is 5.91 Å². The van der Waals surface area contributed by atoms with Gasteiger partial charge in [-0.25, -0.2) is 4.98 Å². The highest BCUT2D eigenvalue weighted by atomic mass is 32.1. The molecule has 1 heterocycles. The molecule has 18 heavy (non-hydrogen) atoms. The zero-order valence-corrected chi connectivity index (χ0v) is 11.4. The maximum atomic E-state index is 10.9. The Morgan fingerprint density at radius 1 is 1.56 bits per heavy atom. The molecule has 1 aliphatic carbocycles. The van der Waals surface area contributed by atoms with E-state index in [0.717, 1.165) is 17.1 Å². The summed E-state index contributed by atoms with van der Waals surface area (Å²) in [7, 11) is 0. The van der Waals surface area contributed by atoms with Gasteiger partial charge in [-0.1, -0.05) is 12.1 Å². The number of hydrogen-bond acceptors (Lipinski definition) is 3. The normalized spacial score (nSPS) is 22.1. The lowest BCUT2D eigenvalue weighted by atomic mass is 10.1. The summed E-state index contributed by atoms with van der Waals surface area (Å²) in [4.78, 5) is 15.4. The second kappa shape index (κ2) is 4.35. The molecule has 1 aliphatic rings. The molecule has 0 radical (unpaired) electrons. The van der Waals surface area contributed by atoms with Crippen molar-refractivity contribution in [2.24, 2.45) is 5.92 Å². The lowest BCUT2D eigenvalue weighted by Crippen LogP contribution is -2.22. The zero-order chi connectivity index (χ0) is 12.7. The summed E-state index contributed by atoms with van der Waals surface area (Å²) in [6.45, 7) is 4.43. The molecule has 2 aromatic rings. The Balaban J connectivity index is 1.81. The molecule has 1 amide bonds. The summed E-state index contributed by atoms with van der Waals surface area (Å²) >= 11 is 1.78. The molecule has 0 bridgehead atoms. The quantitative estimate of drug-likeness (QED) is 0.922. The monoisotopic (exact) mass is 260 g/mol. The summed E-state index contributed by atoms with van der Waals surface area (Å²) in [6, 6.07) is 6.37.